The summed E-state index contributed by atoms with van der Waals surface area (Å²) in [7, 11) is -2.33. The van der Waals surface area contributed by atoms with Gasteiger partial charge in [-0.3, -0.25) is 4.79 Å². The summed E-state index contributed by atoms with van der Waals surface area (Å²) in [5, 5.41) is 0.341. The van der Waals surface area contributed by atoms with E-state index in [1.165, 1.54) is 37.6 Å². The number of imidazole rings is 1. The van der Waals surface area contributed by atoms with Crippen LogP contribution in [0.2, 0.25) is 5.02 Å². The van der Waals surface area contributed by atoms with E-state index in [0.29, 0.717) is 28.4 Å². The van der Waals surface area contributed by atoms with Crippen molar-refractivity contribution in [1.29, 1.82) is 0 Å². The van der Waals surface area contributed by atoms with Gasteiger partial charge < -0.3 is 14.2 Å². The van der Waals surface area contributed by atoms with E-state index in [9.17, 15) is 17.6 Å². The Hall–Kier alpha value is -2.75. The number of hydrogen-bond donors (Lipinski definition) is 0. The minimum atomic E-state index is -3.85. The lowest BCUT2D eigenvalue weighted by atomic mass is 10.1. The van der Waals surface area contributed by atoms with Gasteiger partial charge in [0.15, 0.2) is 0 Å². The zero-order valence-electron chi connectivity index (χ0n) is 19.9. The third-order valence-corrected chi connectivity index (χ3v) is 7.10. The van der Waals surface area contributed by atoms with Crippen molar-refractivity contribution in [3.63, 3.8) is 0 Å². The van der Waals surface area contributed by atoms with Crippen molar-refractivity contribution < 1.29 is 22.3 Å². The molecule has 7 nitrogen and oxygen atoms in total. The van der Waals surface area contributed by atoms with Crippen molar-refractivity contribution in [3.8, 4) is 0 Å². The number of halogens is 2. The Labute approximate surface area is 210 Å². The van der Waals surface area contributed by atoms with Crippen LogP contribution in [-0.2, 0) is 33.4 Å². The first-order chi connectivity index (χ1) is 16.6. The zero-order valence-corrected chi connectivity index (χ0v) is 21.5. The molecular weight excluding hydrogens is 493 g/mol. The molecule has 0 aliphatic rings. The molecule has 0 fully saturated rings. The highest BCUT2D eigenvalue weighted by molar-refractivity contribution is 7.90. The Morgan fingerprint density at radius 1 is 1.20 bits per heavy atom. The first-order valence-corrected chi connectivity index (χ1v) is 13.2. The molecule has 3 rings (SSSR count). The molecule has 0 saturated heterocycles. The van der Waals surface area contributed by atoms with Gasteiger partial charge in [-0.1, -0.05) is 43.6 Å². The van der Waals surface area contributed by atoms with Gasteiger partial charge in [-0.25, -0.2) is 17.8 Å². The topological polar surface area (TPSA) is 81.5 Å². The molecule has 0 atom stereocenters. The molecule has 0 spiro atoms. The van der Waals surface area contributed by atoms with Crippen LogP contribution in [-0.4, -0.2) is 49.0 Å². The Morgan fingerprint density at radius 3 is 2.54 bits per heavy atom. The molecule has 1 heterocycles. The van der Waals surface area contributed by atoms with Gasteiger partial charge in [0.25, 0.3) is 5.91 Å². The summed E-state index contributed by atoms with van der Waals surface area (Å²) in [5.41, 5.74) is 1.47. The first kappa shape index (κ1) is 26.8. The fourth-order valence-electron chi connectivity index (χ4n) is 3.71. The second-order valence-electron chi connectivity index (χ2n) is 8.65. The number of amides is 1. The van der Waals surface area contributed by atoms with E-state index in [1.807, 2.05) is 13.8 Å². The summed E-state index contributed by atoms with van der Waals surface area (Å²) >= 11 is 6.08. The van der Waals surface area contributed by atoms with Gasteiger partial charge in [0.2, 0.25) is 15.0 Å². The van der Waals surface area contributed by atoms with Crippen LogP contribution in [0.15, 0.2) is 59.9 Å². The van der Waals surface area contributed by atoms with E-state index in [-0.39, 0.29) is 42.4 Å². The van der Waals surface area contributed by atoms with E-state index in [1.54, 1.807) is 33.7 Å². The van der Waals surface area contributed by atoms with Crippen molar-refractivity contribution in [2.75, 3.05) is 20.3 Å². The molecule has 0 bridgehead atoms. The van der Waals surface area contributed by atoms with E-state index in [4.69, 9.17) is 16.3 Å². The molecule has 1 aromatic heterocycles. The molecule has 0 radical (unpaired) electrons. The highest BCUT2D eigenvalue weighted by Crippen LogP contribution is 2.21. The summed E-state index contributed by atoms with van der Waals surface area (Å²) in [6, 6.07) is 12.0. The van der Waals surface area contributed by atoms with Crippen LogP contribution in [0.1, 0.15) is 35.5 Å². The van der Waals surface area contributed by atoms with Crippen molar-refractivity contribution in [1.82, 2.24) is 14.5 Å². The number of hydrogen-bond acceptors (Lipinski definition) is 5. The zero-order chi connectivity index (χ0) is 25.6. The lowest BCUT2D eigenvalue weighted by Gasteiger charge is -2.25. The number of ether oxygens (including phenoxy) is 1. The standard InChI is InChI=1S/C25H29ClFN3O4S/c1-18(2)15-29(24(31)20-5-4-6-21(26)13-20)16-23-14-28-25(30(23)11-12-34-3)35(32,33)17-19-7-9-22(27)10-8-19/h4-10,13-14,18H,11-12,15-17H2,1-3H3. The van der Waals surface area contributed by atoms with Crippen LogP contribution in [0.5, 0.6) is 0 Å². The number of rotatable bonds is 11. The molecule has 0 unspecified atom stereocenters. The number of aromatic nitrogens is 2. The quantitative estimate of drug-likeness (QED) is 0.368. The molecule has 10 heteroatoms. The van der Waals surface area contributed by atoms with Crippen LogP contribution in [0.4, 0.5) is 4.39 Å². The summed E-state index contributed by atoms with van der Waals surface area (Å²) in [6.07, 6.45) is 1.48. The number of carbonyl (C=O) groups excluding carboxylic acids is 1. The predicted octanol–water partition coefficient (Wildman–Crippen LogP) is 4.59. The second kappa shape index (κ2) is 11.8. The monoisotopic (exact) mass is 521 g/mol. The smallest absolute Gasteiger partial charge is 0.254 e. The maximum Gasteiger partial charge on any atom is 0.254 e. The fourth-order valence-corrected chi connectivity index (χ4v) is 5.42. The van der Waals surface area contributed by atoms with E-state index in [2.05, 4.69) is 4.98 Å². The van der Waals surface area contributed by atoms with Crippen LogP contribution >= 0.6 is 11.6 Å². The molecule has 2 aromatic carbocycles. The molecule has 1 amide bonds. The van der Waals surface area contributed by atoms with Crippen LogP contribution in [0.25, 0.3) is 0 Å². The van der Waals surface area contributed by atoms with E-state index >= 15 is 0 Å². The third kappa shape index (κ3) is 7.13. The normalized spacial score (nSPS) is 11.7. The van der Waals surface area contributed by atoms with Crippen LogP contribution in [0, 0.1) is 11.7 Å². The molecule has 0 aliphatic carbocycles. The highest BCUT2D eigenvalue weighted by atomic mass is 35.5. The number of nitrogens with zero attached hydrogens (tertiary/aromatic N) is 3. The lowest BCUT2D eigenvalue weighted by Crippen LogP contribution is -2.34. The minimum Gasteiger partial charge on any atom is -0.383 e. The Morgan fingerprint density at radius 2 is 1.91 bits per heavy atom. The Balaban J connectivity index is 1.94. The number of benzene rings is 2. The maximum atomic E-state index is 13.3. The average molecular weight is 522 g/mol. The van der Waals surface area contributed by atoms with Crippen molar-refractivity contribution in [3.05, 3.63) is 82.4 Å². The highest BCUT2D eigenvalue weighted by Gasteiger charge is 2.26. The number of sulfone groups is 1. The molecule has 188 valence electrons. The number of methoxy groups -OCH3 is 1. The van der Waals surface area contributed by atoms with Gasteiger partial charge in [0, 0.05) is 30.8 Å². The summed E-state index contributed by atoms with van der Waals surface area (Å²) in [6.45, 7) is 5.11. The summed E-state index contributed by atoms with van der Waals surface area (Å²) in [4.78, 5) is 19.2. The largest absolute Gasteiger partial charge is 0.383 e. The molecule has 0 N–H and O–H groups in total. The molecule has 0 saturated carbocycles. The van der Waals surface area contributed by atoms with Crippen molar-refractivity contribution in [2.24, 2.45) is 5.92 Å². The molecule has 3 aromatic rings. The van der Waals surface area contributed by atoms with E-state index in [0.717, 1.165) is 0 Å². The van der Waals surface area contributed by atoms with E-state index < -0.39 is 15.7 Å². The average Bonchev–Trinajstić information content (AvgIpc) is 3.21. The fraction of sp³-hybridized carbons (Fsp3) is 0.360. The van der Waals surface area contributed by atoms with Gasteiger partial charge in [-0.2, -0.15) is 0 Å². The van der Waals surface area contributed by atoms with Gasteiger partial charge in [0.1, 0.15) is 5.82 Å². The summed E-state index contributed by atoms with van der Waals surface area (Å²) in [5.74, 6) is -0.801. The molecule has 0 aliphatic heterocycles. The lowest BCUT2D eigenvalue weighted by molar-refractivity contribution is 0.0717. The molecule has 35 heavy (non-hydrogen) atoms. The van der Waals surface area contributed by atoms with Crippen molar-refractivity contribution >= 4 is 27.3 Å². The van der Waals surface area contributed by atoms with Crippen molar-refractivity contribution in [2.45, 2.75) is 37.8 Å². The Bertz CT molecular complexity index is 1260. The maximum absolute atomic E-state index is 13.3. The Kier molecular flexibility index (Phi) is 9.04. The van der Waals surface area contributed by atoms with Crippen LogP contribution in [0.3, 0.4) is 0 Å². The third-order valence-electron chi connectivity index (χ3n) is 5.27. The first-order valence-electron chi connectivity index (χ1n) is 11.2. The van der Waals surface area contributed by atoms with Gasteiger partial charge in [-0.15, -0.1) is 0 Å². The van der Waals surface area contributed by atoms with Gasteiger partial charge in [0.05, 0.1) is 30.8 Å². The second-order valence-corrected chi connectivity index (χ2v) is 11.0. The predicted molar refractivity (Wildman–Crippen MR) is 132 cm³/mol. The minimum absolute atomic E-state index is 0.117. The van der Waals surface area contributed by atoms with Gasteiger partial charge >= 0.3 is 0 Å². The SMILES string of the molecule is COCCn1c(CN(CC(C)C)C(=O)c2cccc(Cl)c2)cnc1S(=O)(=O)Cc1ccc(F)cc1. The summed E-state index contributed by atoms with van der Waals surface area (Å²) < 4.78 is 46.5. The van der Waals surface area contributed by atoms with Gasteiger partial charge in [-0.05, 0) is 41.8 Å². The van der Waals surface area contributed by atoms with Crippen LogP contribution < -0.4 is 0 Å². The number of carbonyl (C=O) groups is 1. The molecular formula is C25H29ClFN3O4S.